The summed E-state index contributed by atoms with van der Waals surface area (Å²) in [5.74, 6) is 0.795. The number of hydrogen-bond donors (Lipinski definition) is 0. The molecule has 1 unspecified atom stereocenters. The van der Waals surface area contributed by atoms with Crippen LogP contribution in [0.1, 0.15) is 32.1 Å². The highest BCUT2D eigenvalue weighted by atomic mass is 79.9. The molecule has 0 N–H and O–H groups in total. The van der Waals surface area contributed by atoms with Gasteiger partial charge in [-0.15, -0.1) is 11.3 Å². The molecule has 1 atom stereocenters. The van der Waals surface area contributed by atoms with E-state index in [9.17, 15) is 0 Å². The van der Waals surface area contributed by atoms with Crippen molar-refractivity contribution in [1.29, 1.82) is 0 Å². The van der Waals surface area contributed by atoms with Gasteiger partial charge >= 0.3 is 0 Å². The topological polar surface area (TPSA) is 3.24 Å². The molecule has 86 valence electrons. The molecule has 1 rings (SSSR count). The van der Waals surface area contributed by atoms with E-state index in [1.807, 2.05) is 11.3 Å². The van der Waals surface area contributed by atoms with E-state index in [2.05, 4.69) is 53.0 Å². The first-order valence-electron chi connectivity index (χ1n) is 5.61. The lowest BCUT2D eigenvalue weighted by Gasteiger charge is -2.23. The Hall–Kier alpha value is 0.140. The summed E-state index contributed by atoms with van der Waals surface area (Å²) in [4.78, 5) is 3.96. The lowest BCUT2D eigenvalue weighted by Crippen LogP contribution is -2.27. The normalized spacial score (nSPS) is 13.4. The molecule has 15 heavy (non-hydrogen) atoms. The molecule has 1 heterocycles. The third-order valence-corrected chi connectivity index (χ3v) is 4.68. The predicted octanol–water partition coefficient (Wildman–Crippen LogP) is 4.38. The third kappa shape index (κ3) is 4.25. The molecule has 0 radical (unpaired) electrons. The average molecular weight is 290 g/mol. The van der Waals surface area contributed by atoms with Gasteiger partial charge in [-0.25, -0.2) is 0 Å². The van der Waals surface area contributed by atoms with Crippen molar-refractivity contribution in [2.45, 2.75) is 33.7 Å². The van der Waals surface area contributed by atoms with Gasteiger partial charge in [0, 0.05) is 22.4 Å². The standard InChI is InChI=1S/C12H20BrNS/c1-4-10(3)8-14(5-2)9-12-11(13)6-7-15-12/h6-7,10H,4-5,8-9H2,1-3H3. The van der Waals surface area contributed by atoms with Crippen LogP contribution >= 0.6 is 27.3 Å². The minimum atomic E-state index is 0.795. The minimum absolute atomic E-state index is 0.795. The second-order valence-corrected chi connectivity index (χ2v) is 5.89. The van der Waals surface area contributed by atoms with Crippen molar-refractivity contribution in [1.82, 2.24) is 4.90 Å². The molecular formula is C12H20BrNS. The Labute approximate surface area is 106 Å². The Morgan fingerprint density at radius 2 is 2.20 bits per heavy atom. The Morgan fingerprint density at radius 1 is 1.47 bits per heavy atom. The molecule has 0 bridgehead atoms. The molecule has 0 amide bonds. The van der Waals surface area contributed by atoms with E-state index in [1.54, 1.807) is 0 Å². The van der Waals surface area contributed by atoms with Gasteiger partial charge in [0.1, 0.15) is 0 Å². The number of rotatable bonds is 6. The first-order valence-corrected chi connectivity index (χ1v) is 7.28. The lowest BCUT2D eigenvalue weighted by atomic mass is 10.1. The second kappa shape index (κ2) is 6.66. The van der Waals surface area contributed by atoms with E-state index in [0.29, 0.717) is 0 Å². The molecule has 0 aliphatic rings. The van der Waals surface area contributed by atoms with Gasteiger partial charge in [0.05, 0.1) is 0 Å². The summed E-state index contributed by atoms with van der Waals surface area (Å²) in [6, 6.07) is 2.14. The molecule has 1 aromatic rings. The first-order chi connectivity index (χ1) is 7.17. The van der Waals surface area contributed by atoms with E-state index in [4.69, 9.17) is 0 Å². The Morgan fingerprint density at radius 3 is 2.67 bits per heavy atom. The van der Waals surface area contributed by atoms with Crippen molar-refractivity contribution in [2.75, 3.05) is 13.1 Å². The largest absolute Gasteiger partial charge is 0.298 e. The molecule has 0 spiro atoms. The van der Waals surface area contributed by atoms with Crippen molar-refractivity contribution in [3.8, 4) is 0 Å². The van der Waals surface area contributed by atoms with Crippen LogP contribution in [0.5, 0.6) is 0 Å². The highest BCUT2D eigenvalue weighted by Crippen LogP contribution is 2.24. The van der Waals surface area contributed by atoms with Gasteiger partial charge in [-0.3, -0.25) is 4.90 Å². The maximum absolute atomic E-state index is 3.59. The Balaban J connectivity index is 2.50. The maximum Gasteiger partial charge on any atom is 0.0339 e. The SMILES string of the molecule is CCC(C)CN(CC)Cc1sccc1Br. The first kappa shape index (κ1) is 13.2. The maximum atomic E-state index is 3.59. The van der Waals surface area contributed by atoms with Crippen molar-refractivity contribution >= 4 is 27.3 Å². The summed E-state index contributed by atoms with van der Waals surface area (Å²) in [5, 5.41) is 2.15. The van der Waals surface area contributed by atoms with E-state index < -0.39 is 0 Å². The number of thiophene rings is 1. The van der Waals surface area contributed by atoms with Gasteiger partial charge in [0.2, 0.25) is 0 Å². The van der Waals surface area contributed by atoms with Gasteiger partial charge in [0.15, 0.2) is 0 Å². The fourth-order valence-electron chi connectivity index (χ4n) is 1.52. The van der Waals surface area contributed by atoms with Crippen LogP contribution in [0.2, 0.25) is 0 Å². The second-order valence-electron chi connectivity index (χ2n) is 4.03. The molecule has 1 aromatic heterocycles. The summed E-state index contributed by atoms with van der Waals surface area (Å²) < 4.78 is 1.26. The smallest absolute Gasteiger partial charge is 0.0339 e. The van der Waals surface area contributed by atoms with Gasteiger partial charge in [-0.1, -0.05) is 27.2 Å². The molecule has 3 heteroatoms. The molecule has 0 aliphatic carbocycles. The van der Waals surface area contributed by atoms with E-state index in [1.165, 1.54) is 22.3 Å². The van der Waals surface area contributed by atoms with Gasteiger partial charge in [-0.05, 0) is 39.8 Å². The summed E-state index contributed by atoms with van der Waals surface area (Å²) in [7, 11) is 0. The Kier molecular flexibility index (Phi) is 5.87. The van der Waals surface area contributed by atoms with Gasteiger partial charge in [-0.2, -0.15) is 0 Å². The molecule has 0 aromatic carbocycles. The predicted molar refractivity (Wildman–Crippen MR) is 72.4 cm³/mol. The summed E-state index contributed by atoms with van der Waals surface area (Å²) in [6.07, 6.45) is 1.27. The highest BCUT2D eigenvalue weighted by Gasteiger charge is 2.10. The van der Waals surface area contributed by atoms with Gasteiger partial charge in [0.25, 0.3) is 0 Å². The molecule has 0 aliphatic heterocycles. The van der Waals surface area contributed by atoms with Crippen LogP contribution in [0.25, 0.3) is 0 Å². The molecule has 0 fully saturated rings. The fourth-order valence-corrected chi connectivity index (χ4v) is 3.04. The molecule has 0 saturated heterocycles. The van der Waals surface area contributed by atoms with Crippen LogP contribution in [-0.2, 0) is 6.54 Å². The minimum Gasteiger partial charge on any atom is -0.298 e. The number of halogens is 1. The average Bonchev–Trinajstić information content (AvgIpc) is 2.63. The number of hydrogen-bond acceptors (Lipinski definition) is 2. The van der Waals surface area contributed by atoms with Crippen LogP contribution in [0.15, 0.2) is 15.9 Å². The monoisotopic (exact) mass is 289 g/mol. The van der Waals surface area contributed by atoms with Crippen molar-refractivity contribution < 1.29 is 0 Å². The summed E-state index contributed by atoms with van der Waals surface area (Å²) >= 11 is 5.43. The highest BCUT2D eigenvalue weighted by molar-refractivity contribution is 9.10. The van der Waals surface area contributed by atoms with E-state index in [-0.39, 0.29) is 0 Å². The van der Waals surface area contributed by atoms with Crippen LogP contribution < -0.4 is 0 Å². The van der Waals surface area contributed by atoms with Crippen molar-refractivity contribution in [3.63, 3.8) is 0 Å². The third-order valence-electron chi connectivity index (χ3n) is 2.77. The zero-order valence-electron chi connectivity index (χ0n) is 9.79. The summed E-state index contributed by atoms with van der Waals surface area (Å²) in [6.45, 7) is 10.3. The summed E-state index contributed by atoms with van der Waals surface area (Å²) in [5.41, 5.74) is 0. The zero-order valence-corrected chi connectivity index (χ0v) is 12.2. The number of nitrogens with zero attached hydrogens (tertiary/aromatic N) is 1. The van der Waals surface area contributed by atoms with Crippen LogP contribution in [0.3, 0.4) is 0 Å². The van der Waals surface area contributed by atoms with Gasteiger partial charge < -0.3 is 0 Å². The van der Waals surface area contributed by atoms with Crippen molar-refractivity contribution in [2.24, 2.45) is 5.92 Å². The molecule has 0 saturated carbocycles. The lowest BCUT2D eigenvalue weighted by molar-refractivity contribution is 0.239. The molecule has 1 nitrogen and oxygen atoms in total. The zero-order chi connectivity index (χ0) is 11.3. The van der Waals surface area contributed by atoms with E-state index >= 15 is 0 Å². The van der Waals surface area contributed by atoms with E-state index in [0.717, 1.165) is 19.0 Å². The molecular weight excluding hydrogens is 270 g/mol. The quantitative estimate of drug-likeness (QED) is 0.751. The van der Waals surface area contributed by atoms with Crippen LogP contribution in [0, 0.1) is 5.92 Å². The van der Waals surface area contributed by atoms with Crippen molar-refractivity contribution in [3.05, 3.63) is 20.8 Å². The Bertz CT molecular complexity index is 285. The van der Waals surface area contributed by atoms with Crippen LogP contribution in [-0.4, -0.2) is 18.0 Å². The van der Waals surface area contributed by atoms with Crippen LogP contribution in [0.4, 0.5) is 0 Å². The fraction of sp³-hybridized carbons (Fsp3) is 0.667.